The molecule has 3 aromatic carbocycles. The molecule has 0 fully saturated rings. The van der Waals surface area contributed by atoms with E-state index in [1.807, 2.05) is 42.5 Å². The standard InChI is InChI=1S/C21H16BrClN2O3/c22-16-8-9-20(26)18(11-16)21(27)25-24-12-14-4-3-6-17(10-14)28-13-15-5-1-2-7-19(15)23/h1-12,26H,13H2,(H,25,27)/b24-12-. The lowest BCUT2D eigenvalue weighted by Crippen LogP contribution is -2.17. The lowest BCUT2D eigenvalue weighted by molar-refractivity contribution is 0.0952. The number of benzene rings is 3. The van der Waals surface area contributed by atoms with E-state index >= 15 is 0 Å². The summed E-state index contributed by atoms with van der Waals surface area (Å²) in [7, 11) is 0. The monoisotopic (exact) mass is 458 g/mol. The summed E-state index contributed by atoms with van der Waals surface area (Å²) in [4.78, 5) is 12.1. The van der Waals surface area contributed by atoms with Crippen LogP contribution in [0.4, 0.5) is 0 Å². The maximum atomic E-state index is 12.1. The van der Waals surface area contributed by atoms with Crippen LogP contribution in [0.3, 0.4) is 0 Å². The predicted octanol–water partition coefficient (Wildman–Crippen LogP) is 5.15. The number of rotatable bonds is 6. The number of hydrogen-bond acceptors (Lipinski definition) is 4. The van der Waals surface area contributed by atoms with E-state index in [1.54, 1.807) is 12.1 Å². The van der Waals surface area contributed by atoms with Crippen LogP contribution in [-0.2, 0) is 6.61 Å². The van der Waals surface area contributed by atoms with Crippen molar-refractivity contribution in [2.24, 2.45) is 5.10 Å². The Balaban J connectivity index is 1.61. The lowest BCUT2D eigenvalue weighted by Gasteiger charge is -2.08. The third-order valence-electron chi connectivity index (χ3n) is 3.79. The Bertz CT molecular complexity index is 1020. The molecule has 0 aromatic heterocycles. The summed E-state index contributed by atoms with van der Waals surface area (Å²) >= 11 is 9.39. The molecule has 0 saturated heterocycles. The van der Waals surface area contributed by atoms with Crippen LogP contribution in [0.5, 0.6) is 11.5 Å². The number of carbonyl (C=O) groups is 1. The van der Waals surface area contributed by atoms with Crippen molar-refractivity contribution >= 4 is 39.7 Å². The summed E-state index contributed by atoms with van der Waals surface area (Å²) in [6.45, 7) is 0.346. The first-order valence-electron chi connectivity index (χ1n) is 8.31. The van der Waals surface area contributed by atoms with Crippen molar-refractivity contribution in [3.8, 4) is 11.5 Å². The first-order valence-corrected chi connectivity index (χ1v) is 9.48. The van der Waals surface area contributed by atoms with Gasteiger partial charge < -0.3 is 9.84 Å². The average Bonchev–Trinajstić information content (AvgIpc) is 2.69. The highest BCUT2D eigenvalue weighted by Gasteiger charge is 2.10. The Morgan fingerprint density at radius 2 is 1.96 bits per heavy atom. The van der Waals surface area contributed by atoms with Crippen molar-refractivity contribution in [2.75, 3.05) is 0 Å². The van der Waals surface area contributed by atoms with Gasteiger partial charge in [0.1, 0.15) is 18.1 Å². The van der Waals surface area contributed by atoms with E-state index in [4.69, 9.17) is 16.3 Å². The average molecular weight is 460 g/mol. The molecule has 0 atom stereocenters. The maximum absolute atomic E-state index is 12.1. The molecule has 0 bridgehead atoms. The molecular formula is C21H16BrClN2O3. The fourth-order valence-electron chi connectivity index (χ4n) is 2.38. The van der Waals surface area contributed by atoms with Gasteiger partial charge in [0.25, 0.3) is 5.91 Å². The predicted molar refractivity (Wildman–Crippen MR) is 113 cm³/mol. The molecule has 142 valence electrons. The number of nitrogens with zero attached hydrogens (tertiary/aromatic N) is 1. The van der Waals surface area contributed by atoms with Crippen molar-refractivity contribution in [2.45, 2.75) is 6.61 Å². The minimum Gasteiger partial charge on any atom is -0.507 e. The second-order valence-electron chi connectivity index (χ2n) is 5.81. The molecule has 0 heterocycles. The van der Waals surface area contributed by atoms with E-state index in [0.29, 0.717) is 21.9 Å². The van der Waals surface area contributed by atoms with Gasteiger partial charge in [-0.3, -0.25) is 4.79 Å². The van der Waals surface area contributed by atoms with Crippen molar-refractivity contribution in [1.82, 2.24) is 5.43 Å². The molecule has 0 radical (unpaired) electrons. The molecule has 7 heteroatoms. The minimum atomic E-state index is -0.513. The topological polar surface area (TPSA) is 70.9 Å². The Morgan fingerprint density at radius 3 is 2.79 bits per heavy atom. The number of amides is 1. The van der Waals surface area contributed by atoms with Gasteiger partial charge in [0.15, 0.2) is 0 Å². The molecule has 3 rings (SSSR count). The number of nitrogens with one attached hydrogen (secondary N) is 1. The van der Waals surface area contributed by atoms with Gasteiger partial charge >= 0.3 is 0 Å². The number of hydrazone groups is 1. The van der Waals surface area contributed by atoms with E-state index in [2.05, 4.69) is 26.5 Å². The lowest BCUT2D eigenvalue weighted by atomic mass is 10.2. The molecule has 3 aromatic rings. The fourth-order valence-corrected chi connectivity index (χ4v) is 2.93. The van der Waals surface area contributed by atoms with E-state index < -0.39 is 5.91 Å². The largest absolute Gasteiger partial charge is 0.507 e. The second-order valence-corrected chi connectivity index (χ2v) is 7.14. The first kappa shape index (κ1) is 19.9. The van der Waals surface area contributed by atoms with Crippen LogP contribution in [0.15, 0.2) is 76.3 Å². The van der Waals surface area contributed by atoms with Crippen molar-refractivity contribution in [3.05, 3.63) is 92.9 Å². The highest BCUT2D eigenvalue weighted by atomic mass is 79.9. The minimum absolute atomic E-state index is 0.120. The van der Waals surface area contributed by atoms with Crippen molar-refractivity contribution < 1.29 is 14.6 Å². The molecule has 0 spiro atoms. The van der Waals surface area contributed by atoms with Gasteiger partial charge in [0.05, 0.1) is 11.8 Å². The smallest absolute Gasteiger partial charge is 0.275 e. The number of ether oxygens (including phenoxy) is 1. The van der Waals surface area contributed by atoms with Crippen LogP contribution in [0.25, 0.3) is 0 Å². The van der Waals surface area contributed by atoms with Crippen LogP contribution in [0, 0.1) is 0 Å². The Kier molecular flexibility index (Phi) is 6.68. The van der Waals surface area contributed by atoms with Gasteiger partial charge in [-0.2, -0.15) is 5.10 Å². The van der Waals surface area contributed by atoms with Crippen LogP contribution in [0.2, 0.25) is 5.02 Å². The van der Waals surface area contributed by atoms with Crippen LogP contribution < -0.4 is 10.2 Å². The highest BCUT2D eigenvalue weighted by Crippen LogP contribution is 2.22. The molecule has 2 N–H and O–H groups in total. The zero-order valence-corrected chi connectivity index (χ0v) is 16.9. The molecule has 0 aliphatic rings. The molecule has 5 nitrogen and oxygen atoms in total. The number of halogens is 2. The van der Waals surface area contributed by atoms with Gasteiger partial charge in [0, 0.05) is 15.1 Å². The van der Waals surface area contributed by atoms with Gasteiger partial charge in [-0.15, -0.1) is 0 Å². The number of aromatic hydroxyl groups is 1. The summed E-state index contributed by atoms with van der Waals surface area (Å²) in [6.07, 6.45) is 1.50. The van der Waals surface area contributed by atoms with Gasteiger partial charge in [-0.1, -0.05) is 57.9 Å². The normalized spacial score (nSPS) is 10.8. The SMILES string of the molecule is O=C(N/N=C\c1cccc(OCc2ccccc2Cl)c1)c1cc(Br)ccc1O. The summed E-state index contributed by atoms with van der Waals surface area (Å²) in [6, 6.07) is 19.4. The summed E-state index contributed by atoms with van der Waals surface area (Å²) in [5, 5.41) is 14.4. The number of phenolic OH excluding ortho intramolecular Hbond substituents is 1. The Labute approximate surface area is 175 Å². The first-order chi connectivity index (χ1) is 13.5. The molecule has 28 heavy (non-hydrogen) atoms. The quantitative estimate of drug-likeness (QED) is 0.395. The van der Waals surface area contributed by atoms with Crippen LogP contribution in [-0.4, -0.2) is 17.2 Å². The number of carbonyl (C=O) groups excluding carboxylic acids is 1. The molecule has 1 amide bonds. The van der Waals surface area contributed by atoms with E-state index in [0.717, 1.165) is 11.1 Å². The summed E-state index contributed by atoms with van der Waals surface area (Å²) in [5.74, 6) is 0.0203. The Morgan fingerprint density at radius 1 is 1.14 bits per heavy atom. The third-order valence-corrected chi connectivity index (χ3v) is 4.66. The zero-order valence-electron chi connectivity index (χ0n) is 14.6. The van der Waals surface area contributed by atoms with E-state index in [9.17, 15) is 9.90 Å². The van der Waals surface area contributed by atoms with Crippen LogP contribution in [0.1, 0.15) is 21.5 Å². The second kappa shape index (κ2) is 9.39. The zero-order chi connectivity index (χ0) is 19.9. The molecule has 0 saturated carbocycles. The van der Waals surface area contributed by atoms with Gasteiger partial charge in [-0.25, -0.2) is 5.43 Å². The fraction of sp³-hybridized carbons (Fsp3) is 0.0476. The maximum Gasteiger partial charge on any atom is 0.275 e. The third kappa shape index (κ3) is 5.34. The van der Waals surface area contributed by atoms with Crippen molar-refractivity contribution in [3.63, 3.8) is 0 Å². The van der Waals surface area contributed by atoms with Gasteiger partial charge in [-0.05, 0) is 42.0 Å². The van der Waals surface area contributed by atoms with Crippen molar-refractivity contribution in [1.29, 1.82) is 0 Å². The van der Waals surface area contributed by atoms with Crippen LogP contribution >= 0.6 is 27.5 Å². The molecule has 0 aliphatic carbocycles. The molecular weight excluding hydrogens is 444 g/mol. The summed E-state index contributed by atoms with van der Waals surface area (Å²) < 4.78 is 6.45. The van der Waals surface area contributed by atoms with E-state index in [-0.39, 0.29) is 11.3 Å². The highest BCUT2D eigenvalue weighted by molar-refractivity contribution is 9.10. The molecule has 0 aliphatic heterocycles. The molecule has 0 unspecified atom stereocenters. The Hall–Kier alpha value is -2.83. The number of hydrogen-bond donors (Lipinski definition) is 2. The number of phenols is 1. The van der Waals surface area contributed by atoms with Gasteiger partial charge in [0.2, 0.25) is 0 Å². The summed E-state index contributed by atoms with van der Waals surface area (Å²) in [5.41, 5.74) is 4.16. The van der Waals surface area contributed by atoms with E-state index in [1.165, 1.54) is 18.3 Å².